The number of nitrogens with zero attached hydrogens (tertiary/aromatic N) is 2. The van der Waals surface area contributed by atoms with Crippen molar-refractivity contribution < 1.29 is 117 Å². The van der Waals surface area contributed by atoms with Crippen molar-refractivity contribution in [1.82, 2.24) is 31.1 Å². The smallest absolute Gasteiger partial charge is 0.311 e. The van der Waals surface area contributed by atoms with E-state index in [0.29, 0.717) is 39.0 Å². The average Bonchev–Trinajstić information content (AvgIpc) is 0.774. The molecule has 112 heavy (non-hydrogen) atoms. The number of nitrogens with one attached hydrogen (secondary N) is 4. The molecule has 0 saturated carbocycles. The molecule has 6 aliphatic rings. The van der Waals surface area contributed by atoms with Gasteiger partial charge in [-0.3, -0.25) is 9.59 Å². The molecule has 0 aliphatic carbocycles. The Morgan fingerprint density at radius 1 is 0.562 bits per heavy atom. The first-order chi connectivity index (χ1) is 51.8. The van der Waals surface area contributed by atoms with Crippen LogP contribution in [0.2, 0.25) is 0 Å². The normalized spacial score (nSPS) is 46.6. The van der Waals surface area contributed by atoms with Crippen molar-refractivity contribution in [1.29, 1.82) is 0 Å². The first-order valence-electron chi connectivity index (χ1n) is 41.8. The summed E-state index contributed by atoms with van der Waals surface area (Å²) in [4.78, 5) is 32.6. The molecule has 6 aliphatic heterocycles. The Labute approximate surface area is 671 Å². The molecule has 660 valence electrons. The van der Waals surface area contributed by atoms with Gasteiger partial charge in [-0.2, -0.15) is 0 Å². The number of methoxy groups -OCH3 is 2. The second-order valence-electron chi connectivity index (χ2n) is 36.4. The van der Waals surface area contributed by atoms with Crippen LogP contribution in [0.3, 0.4) is 0 Å². The van der Waals surface area contributed by atoms with Crippen LogP contribution in [0.5, 0.6) is 0 Å². The molecule has 36 atom stereocenters. The lowest BCUT2D eigenvalue weighted by atomic mass is 9.75. The molecule has 6 rings (SSSR count). The topological polar surface area (TPSA) is 402 Å². The standard InChI is InChI=1S/2C41H79N3O12/c1-15-17-42-22-41(50)28(8)53-31(20-39(41,10)51-14)55-33-25(5)35(56-37-32(45)29(44(12)13)18-24(4)52-37)38(9,48)19-23(3)21-43-27(7)34(46)40(11,49)30(16-2)54-36(47)26(33)6;1-15-17-42-22-41(50)28(8)53-31(20-39(41,10)51-14)54-33-25(5)34(56-37-32(46)29(44(12)13)18-24(4)52-37)38(9,48)19-23(3)21-43-27(7)35(55-36(47)26(33)6)40(11,49)30(45)16-2/h2*23-35,37,42-43,45-46,48-50H,15-22H2,1-14H3/t2*23-,24-,25+,26-,27-,28+,29+,30-,31+,32-,33+,34-,35-,37+,38-,39-,40-,41+/m11/s1. The van der Waals surface area contributed by atoms with Crippen molar-refractivity contribution in [3.05, 3.63) is 0 Å². The number of aliphatic hydroxyl groups excluding tert-OH is 4. The van der Waals surface area contributed by atoms with Crippen molar-refractivity contribution >= 4 is 11.9 Å². The summed E-state index contributed by atoms with van der Waals surface area (Å²) in [5.41, 5.74) is -11.9. The van der Waals surface area contributed by atoms with E-state index in [-0.39, 0.29) is 87.7 Å². The number of rotatable bonds is 24. The molecular formula is C82H158N6O24. The van der Waals surface area contributed by atoms with Gasteiger partial charge in [-0.15, -0.1) is 0 Å². The Bertz CT molecular complexity index is 2820. The summed E-state index contributed by atoms with van der Waals surface area (Å²) in [5.74, 6) is -5.34. The Kier molecular flexibility index (Phi) is 37.6. The number of cyclic esters (lactones) is 2. The summed E-state index contributed by atoms with van der Waals surface area (Å²) in [6.45, 7) is 41.8. The fourth-order valence-corrected chi connectivity index (χ4v) is 18.4. The summed E-state index contributed by atoms with van der Waals surface area (Å²) >= 11 is 0. The van der Waals surface area contributed by atoms with E-state index in [2.05, 4.69) is 21.3 Å². The van der Waals surface area contributed by atoms with Crippen LogP contribution in [0, 0.1) is 35.5 Å². The molecule has 6 saturated heterocycles. The van der Waals surface area contributed by atoms with Crippen LogP contribution in [0.1, 0.15) is 217 Å². The van der Waals surface area contributed by atoms with Gasteiger partial charge in [0.15, 0.2) is 25.2 Å². The van der Waals surface area contributed by atoms with Crippen LogP contribution < -0.4 is 21.3 Å². The van der Waals surface area contributed by atoms with Gasteiger partial charge in [-0.1, -0.05) is 55.4 Å². The second kappa shape index (κ2) is 41.9. The summed E-state index contributed by atoms with van der Waals surface area (Å²) in [5, 5.41) is 131. The molecule has 6 fully saturated rings. The zero-order valence-electron chi connectivity index (χ0n) is 73.6. The highest BCUT2D eigenvalue weighted by molar-refractivity contribution is 5.73. The molecule has 0 amide bonds. The Balaban J connectivity index is 0.000000400. The largest absolute Gasteiger partial charge is 0.459 e. The van der Waals surface area contributed by atoms with Crippen LogP contribution in [0.25, 0.3) is 0 Å². The van der Waals surface area contributed by atoms with Gasteiger partial charge in [-0.25, -0.2) is 0 Å². The van der Waals surface area contributed by atoms with E-state index < -0.39 is 191 Å². The van der Waals surface area contributed by atoms with E-state index >= 15 is 0 Å². The highest BCUT2D eigenvalue weighted by Crippen LogP contribution is 2.47. The van der Waals surface area contributed by atoms with E-state index in [4.69, 9.17) is 56.8 Å². The van der Waals surface area contributed by atoms with Crippen LogP contribution in [-0.4, -0.2) is 334 Å². The minimum absolute atomic E-state index is 0.0928. The number of carbonyl (C=O) groups is 2. The summed E-state index contributed by atoms with van der Waals surface area (Å²) in [6.07, 6.45) is -13.3. The molecule has 0 aromatic rings. The Morgan fingerprint density at radius 3 is 1.29 bits per heavy atom. The maximum atomic E-state index is 14.5. The van der Waals surface area contributed by atoms with E-state index in [1.807, 2.05) is 107 Å². The van der Waals surface area contributed by atoms with Crippen molar-refractivity contribution in [2.75, 3.05) is 81.7 Å². The van der Waals surface area contributed by atoms with E-state index in [0.717, 1.165) is 12.8 Å². The number of ether oxygens (including phenoxy) is 12. The molecule has 0 unspecified atom stereocenters. The fraction of sp³-hybridized carbons (Fsp3) is 0.976. The molecular weight excluding hydrogens is 1450 g/mol. The fourth-order valence-electron chi connectivity index (χ4n) is 18.4. The van der Waals surface area contributed by atoms with E-state index in [1.165, 1.54) is 28.1 Å². The molecule has 0 bridgehead atoms. The lowest BCUT2D eigenvalue weighted by Gasteiger charge is -2.53. The number of likely N-dealkylation sites (N-methyl/N-ethyl adjacent to an activating group) is 2. The van der Waals surface area contributed by atoms with Gasteiger partial charge in [0.2, 0.25) is 0 Å². The van der Waals surface area contributed by atoms with Crippen molar-refractivity contribution in [3.8, 4) is 0 Å². The molecule has 6 heterocycles. The monoisotopic (exact) mass is 1610 g/mol. The number of esters is 2. The molecule has 14 N–H and O–H groups in total. The second-order valence-corrected chi connectivity index (χ2v) is 36.4. The van der Waals surface area contributed by atoms with Gasteiger partial charge in [0.05, 0.1) is 78.0 Å². The lowest BCUT2D eigenvalue weighted by molar-refractivity contribution is -0.336. The van der Waals surface area contributed by atoms with Crippen LogP contribution in [0.15, 0.2) is 0 Å². The minimum Gasteiger partial charge on any atom is -0.459 e. The van der Waals surface area contributed by atoms with Gasteiger partial charge in [0.1, 0.15) is 64.1 Å². The predicted octanol–water partition coefficient (Wildman–Crippen LogP) is 3.86. The van der Waals surface area contributed by atoms with Crippen LogP contribution in [-0.2, 0) is 66.4 Å². The number of hydrogen-bond donors (Lipinski definition) is 14. The molecule has 30 nitrogen and oxygen atoms in total. The third kappa shape index (κ3) is 23.7. The summed E-state index contributed by atoms with van der Waals surface area (Å²) in [7, 11) is 10.6. The molecule has 0 aromatic carbocycles. The summed E-state index contributed by atoms with van der Waals surface area (Å²) < 4.78 is 76.7. The minimum atomic E-state index is -1.81. The predicted molar refractivity (Wildman–Crippen MR) is 423 cm³/mol. The van der Waals surface area contributed by atoms with Gasteiger partial charge < -0.3 is 139 Å². The maximum absolute atomic E-state index is 14.5. The third-order valence-electron chi connectivity index (χ3n) is 26.0. The van der Waals surface area contributed by atoms with Crippen LogP contribution in [0.4, 0.5) is 0 Å². The number of hydrogen-bond acceptors (Lipinski definition) is 30. The van der Waals surface area contributed by atoms with E-state index in [1.54, 1.807) is 69.2 Å². The number of aliphatic hydroxyl groups is 10. The van der Waals surface area contributed by atoms with Crippen molar-refractivity contribution in [3.63, 3.8) is 0 Å². The first-order valence-corrected chi connectivity index (χ1v) is 41.8. The molecule has 0 aromatic heterocycles. The Hall–Kier alpha value is -2.10. The zero-order chi connectivity index (χ0) is 85.1. The first kappa shape index (κ1) is 100. The van der Waals surface area contributed by atoms with E-state index in [9.17, 15) is 60.7 Å². The highest BCUT2D eigenvalue weighted by atomic mass is 16.7. The van der Waals surface area contributed by atoms with Gasteiger partial charge in [0, 0.05) is 76.2 Å². The number of carbonyl (C=O) groups excluding carboxylic acids is 2. The van der Waals surface area contributed by atoms with Gasteiger partial charge in [0.25, 0.3) is 0 Å². The zero-order valence-corrected chi connectivity index (χ0v) is 73.6. The lowest BCUT2D eigenvalue weighted by Crippen LogP contribution is -2.70. The quantitative estimate of drug-likeness (QED) is 0.0482. The highest BCUT2D eigenvalue weighted by Gasteiger charge is 2.61. The van der Waals surface area contributed by atoms with Crippen molar-refractivity contribution in [2.45, 2.75) is 396 Å². The van der Waals surface area contributed by atoms with Gasteiger partial charge in [-0.05, 0) is 215 Å². The average molecular weight is 1610 g/mol. The third-order valence-corrected chi connectivity index (χ3v) is 26.0. The van der Waals surface area contributed by atoms with Crippen LogP contribution >= 0.6 is 0 Å². The van der Waals surface area contributed by atoms with Gasteiger partial charge >= 0.3 is 11.9 Å². The SMILES string of the molecule is CCCNC[C@]1(O)[C@H](C)O[C@@H](O[C@H]2[C@H](C)[C@@H](O[C@@H]3O[C@H](C)C[C@H](N(C)C)[C@H]3O)[C@](C)(O)C[C@@H](C)CN[C@H](C)[C@@H](O)[C@](C)(O)[C@@H](CC)OC(=O)[C@@H]2C)C[C@@]1(C)OC.CCCNC[C@]1(O)[C@H](C)O[C@@H](O[C@H]2[C@H](C)[C@@H](O[C@@H]3O[C@H](C)C[C@H](N(C)C)[C@H]3O)[C@](C)(O)C[C@@H](C)CN[C@H](C)[C@H]([C@](C)(O)[C@H](O)CC)OC(=O)[C@@H]2C)C[C@@]1(C)OC. The molecule has 0 spiro atoms. The summed E-state index contributed by atoms with van der Waals surface area (Å²) in [6, 6.07) is -1.75. The molecule has 30 heteroatoms. The maximum Gasteiger partial charge on any atom is 0.311 e. The van der Waals surface area contributed by atoms with Crippen molar-refractivity contribution in [2.24, 2.45) is 35.5 Å². The molecule has 0 radical (unpaired) electrons. The Morgan fingerprint density at radius 2 is 0.938 bits per heavy atom.